The van der Waals surface area contributed by atoms with E-state index >= 15 is 0 Å². The van der Waals surface area contributed by atoms with Crippen LogP contribution in [0.15, 0.2) is 12.3 Å². The lowest BCUT2D eigenvalue weighted by atomic mass is 10.2. The maximum atomic E-state index is 9.83. The monoisotopic (exact) mass is 252 g/mol. The van der Waals surface area contributed by atoms with Crippen molar-refractivity contribution in [1.82, 2.24) is 14.9 Å². The highest BCUT2D eigenvalue weighted by Crippen LogP contribution is 2.24. The maximum Gasteiger partial charge on any atom is 0.239 e. The predicted molar refractivity (Wildman–Crippen MR) is 70.2 cm³/mol. The van der Waals surface area contributed by atoms with E-state index in [1.165, 1.54) is 0 Å². The molecule has 0 saturated carbocycles. The molecule has 18 heavy (non-hydrogen) atoms. The maximum absolute atomic E-state index is 9.83. The number of rotatable bonds is 4. The summed E-state index contributed by atoms with van der Waals surface area (Å²) in [5, 5.41) is 9.83. The molecule has 1 saturated heterocycles. The first-order chi connectivity index (χ1) is 8.60. The molecule has 0 aliphatic carbocycles. The highest BCUT2D eigenvalue weighted by molar-refractivity contribution is 5.44. The van der Waals surface area contributed by atoms with Crippen molar-refractivity contribution in [3.05, 3.63) is 12.3 Å². The molecule has 0 radical (unpaired) electrons. The van der Waals surface area contributed by atoms with Gasteiger partial charge in [0.2, 0.25) is 5.95 Å². The lowest BCUT2D eigenvalue weighted by Gasteiger charge is -2.27. The highest BCUT2D eigenvalue weighted by Gasteiger charge is 2.32. The largest absolute Gasteiger partial charge is 0.391 e. The molecule has 1 aliphatic rings. The molecular weight excluding hydrogens is 232 g/mol. The van der Waals surface area contributed by atoms with Gasteiger partial charge in [0.1, 0.15) is 5.82 Å². The lowest BCUT2D eigenvalue weighted by molar-refractivity contribution is 0.191. The molecule has 7 nitrogen and oxygen atoms in total. The average Bonchev–Trinajstić information content (AvgIpc) is 2.69. The first kappa shape index (κ1) is 13.0. The second-order valence-corrected chi connectivity index (χ2v) is 4.84. The van der Waals surface area contributed by atoms with Gasteiger partial charge in [0, 0.05) is 25.3 Å². The lowest BCUT2D eigenvalue weighted by Crippen LogP contribution is -2.38. The van der Waals surface area contributed by atoms with Gasteiger partial charge in [-0.25, -0.2) is 10.8 Å². The zero-order chi connectivity index (χ0) is 13.1. The molecule has 2 rings (SSSR count). The Morgan fingerprint density at radius 1 is 1.61 bits per heavy atom. The molecule has 1 fully saturated rings. The quantitative estimate of drug-likeness (QED) is 0.480. The van der Waals surface area contributed by atoms with Crippen LogP contribution in [0.5, 0.6) is 0 Å². The standard InChI is InChI=1S/C11H20N6O/c1-16(2)6-8-5-9(18)7-17(8)10-3-4-13-11(14-10)15-12/h3-4,8-9,18H,5-7,12H2,1-2H3,(H,13,14,15). The van der Waals surface area contributed by atoms with E-state index < -0.39 is 0 Å². The van der Waals surface area contributed by atoms with Crippen LogP contribution in [0.25, 0.3) is 0 Å². The van der Waals surface area contributed by atoms with Crippen LogP contribution in [-0.4, -0.2) is 59.3 Å². The molecular formula is C11H20N6O. The molecule has 2 heterocycles. The number of aromatic nitrogens is 2. The van der Waals surface area contributed by atoms with Crippen LogP contribution in [0.3, 0.4) is 0 Å². The number of anilines is 2. The fraction of sp³-hybridized carbons (Fsp3) is 0.636. The topological polar surface area (TPSA) is 90.5 Å². The average molecular weight is 252 g/mol. The fourth-order valence-electron chi connectivity index (χ4n) is 2.35. The van der Waals surface area contributed by atoms with E-state index in [9.17, 15) is 5.11 Å². The summed E-state index contributed by atoms with van der Waals surface area (Å²) in [6.07, 6.45) is 2.11. The molecule has 1 aromatic heterocycles. The number of hydrazine groups is 1. The SMILES string of the molecule is CN(C)CC1CC(O)CN1c1ccnc(NN)n1. The van der Waals surface area contributed by atoms with E-state index in [0.29, 0.717) is 12.5 Å². The zero-order valence-electron chi connectivity index (χ0n) is 10.7. The van der Waals surface area contributed by atoms with Crippen molar-refractivity contribution in [3.63, 3.8) is 0 Å². The molecule has 2 atom stereocenters. The summed E-state index contributed by atoms with van der Waals surface area (Å²) < 4.78 is 0. The summed E-state index contributed by atoms with van der Waals surface area (Å²) in [6, 6.07) is 2.09. The minimum atomic E-state index is -0.306. The van der Waals surface area contributed by atoms with Crippen LogP contribution in [-0.2, 0) is 0 Å². The summed E-state index contributed by atoms with van der Waals surface area (Å²) in [6.45, 7) is 1.48. The minimum Gasteiger partial charge on any atom is -0.391 e. The van der Waals surface area contributed by atoms with Gasteiger partial charge in [-0.3, -0.25) is 5.43 Å². The van der Waals surface area contributed by atoms with E-state index in [-0.39, 0.29) is 12.1 Å². The number of aliphatic hydroxyl groups is 1. The van der Waals surface area contributed by atoms with Crippen molar-refractivity contribution >= 4 is 11.8 Å². The molecule has 0 bridgehead atoms. The molecule has 7 heteroatoms. The number of hydrogen-bond acceptors (Lipinski definition) is 7. The third-order valence-electron chi connectivity index (χ3n) is 3.03. The van der Waals surface area contributed by atoms with E-state index in [0.717, 1.165) is 18.8 Å². The first-order valence-corrected chi connectivity index (χ1v) is 5.99. The summed E-state index contributed by atoms with van der Waals surface area (Å²) in [5.41, 5.74) is 2.44. The van der Waals surface area contributed by atoms with Gasteiger partial charge in [-0.05, 0) is 26.6 Å². The van der Waals surface area contributed by atoms with Crippen molar-refractivity contribution < 1.29 is 5.11 Å². The highest BCUT2D eigenvalue weighted by atomic mass is 16.3. The van der Waals surface area contributed by atoms with Gasteiger partial charge >= 0.3 is 0 Å². The number of nitrogens with one attached hydrogen (secondary N) is 1. The van der Waals surface area contributed by atoms with Crippen molar-refractivity contribution in [2.75, 3.05) is 37.5 Å². The van der Waals surface area contributed by atoms with Crippen LogP contribution in [0.4, 0.5) is 11.8 Å². The number of nitrogen functional groups attached to an aromatic ring is 1. The number of likely N-dealkylation sites (N-methyl/N-ethyl adjacent to an activating group) is 1. The van der Waals surface area contributed by atoms with E-state index in [1.807, 2.05) is 20.2 Å². The fourth-order valence-corrected chi connectivity index (χ4v) is 2.35. The van der Waals surface area contributed by atoms with Crippen molar-refractivity contribution in [3.8, 4) is 0 Å². The molecule has 100 valence electrons. The van der Waals surface area contributed by atoms with Crippen LogP contribution < -0.4 is 16.2 Å². The van der Waals surface area contributed by atoms with Gasteiger partial charge in [-0.1, -0.05) is 0 Å². The van der Waals surface area contributed by atoms with Crippen molar-refractivity contribution in [1.29, 1.82) is 0 Å². The molecule has 0 amide bonds. The third-order valence-corrected chi connectivity index (χ3v) is 3.03. The summed E-state index contributed by atoms with van der Waals surface area (Å²) in [7, 11) is 4.05. The van der Waals surface area contributed by atoms with Gasteiger partial charge in [0.25, 0.3) is 0 Å². The van der Waals surface area contributed by atoms with Gasteiger partial charge in [-0.15, -0.1) is 0 Å². The Balaban J connectivity index is 2.18. The Kier molecular flexibility index (Phi) is 3.95. The molecule has 0 spiro atoms. The number of hydrogen-bond donors (Lipinski definition) is 3. The third kappa shape index (κ3) is 2.87. The van der Waals surface area contributed by atoms with Gasteiger partial charge < -0.3 is 14.9 Å². The number of aliphatic hydroxyl groups excluding tert-OH is 1. The van der Waals surface area contributed by atoms with E-state index in [2.05, 4.69) is 25.2 Å². The van der Waals surface area contributed by atoms with E-state index in [1.54, 1.807) is 6.20 Å². The van der Waals surface area contributed by atoms with Crippen LogP contribution in [0.1, 0.15) is 6.42 Å². The number of nitrogens with zero attached hydrogens (tertiary/aromatic N) is 4. The van der Waals surface area contributed by atoms with Crippen LogP contribution in [0, 0.1) is 0 Å². The molecule has 1 aliphatic heterocycles. The number of nitrogens with two attached hydrogens (primary N) is 1. The summed E-state index contributed by atoms with van der Waals surface area (Å²) in [4.78, 5) is 12.5. The zero-order valence-corrected chi connectivity index (χ0v) is 10.7. The smallest absolute Gasteiger partial charge is 0.239 e. The van der Waals surface area contributed by atoms with Crippen molar-refractivity contribution in [2.45, 2.75) is 18.6 Å². The molecule has 2 unspecified atom stereocenters. The molecule has 4 N–H and O–H groups in total. The second kappa shape index (κ2) is 5.47. The molecule has 0 aromatic carbocycles. The minimum absolute atomic E-state index is 0.260. The Bertz CT molecular complexity index is 399. The van der Waals surface area contributed by atoms with Crippen LogP contribution in [0.2, 0.25) is 0 Å². The van der Waals surface area contributed by atoms with Crippen molar-refractivity contribution in [2.24, 2.45) is 5.84 Å². The Hall–Kier alpha value is -1.44. The van der Waals surface area contributed by atoms with Gasteiger partial charge in [0.15, 0.2) is 0 Å². The summed E-state index contributed by atoms with van der Waals surface area (Å²) in [5.74, 6) is 6.49. The normalized spacial score (nSPS) is 23.7. The Morgan fingerprint density at radius 3 is 3.06 bits per heavy atom. The Morgan fingerprint density at radius 2 is 2.39 bits per heavy atom. The predicted octanol–water partition coefficient (Wildman–Crippen LogP) is -0.737. The number of β-amino-alcohol motifs (C(OH)–C–C–N with tert-alkyl or cyclic N) is 1. The summed E-state index contributed by atoms with van der Waals surface area (Å²) >= 11 is 0. The Labute approximate surface area is 107 Å². The first-order valence-electron chi connectivity index (χ1n) is 5.99. The van der Waals surface area contributed by atoms with Gasteiger partial charge in [0.05, 0.1) is 6.10 Å². The second-order valence-electron chi connectivity index (χ2n) is 4.84. The van der Waals surface area contributed by atoms with E-state index in [4.69, 9.17) is 5.84 Å². The van der Waals surface area contributed by atoms with Crippen LogP contribution >= 0.6 is 0 Å². The molecule has 1 aromatic rings. The van der Waals surface area contributed by atoms with Gasteiger partial charge in [-0.2, -0.15) is 4.98 Å².